The summed E-state index contributed by atoms with van der Waals surface area (Å²) in [5.41, 5.74) is 1.03. The average molecular weight is 204 g/mol. The third-order valence-electron chi connectivity index (χ3n) is 1.90. The largest absolute Gasteiger partial charge is 0.351 e. The van der Waals surface area contributed by atoms with Crippen LogP contribution in [0.1, 0.15) is 5.56 Å². The number of amides is 1. The second-order valence-electron chi connectivity index (χ2n) is 3.14. The number of benzene rings is 1. The summed E-state index contributed by atoms with van der Waals surface area (Å²) >= 11 is 0. The number of carbonyl (C=O) groups is 1. The molecule has 1 aromatic rings. The highest BCUT2D eigenvalue weighted by atomic mass is 16.1. The van der Waals surface area contributed by atoms with Crippen molar-refractivity contribution in [3.05, 3.63) is 42.0 Å². The highest BCUT2D eigenvalue weighted by Crippen LogP contribution is 2.00. The Kier molecular flexibility index (Phi) is 5.19. The van der Waals surface area contributed by atoms with Crippen molar-refractivity contribution < 1.29 is 4.79 Å². The van der Waals surface area contributed by atoms with Crippen molar-refractivity contribution in [1.29, 1.82) is 0 Å². The summed E-state index contributed by atoms with van der Waals surface area (Å²) in [7, 11) is 1.85. The fourth-order valence-electron chi connectivity index (χ4n) is 1.11. The number of rotatable bonds is 5. The van der Waals surface area contributed by atoms with Crippen molar-refractivity contribution in [3.8, 4) is 0 Å². The Morgan fingerprint density at radius 2 is 2.00 bits per heavy atom. The maximum Gasteiger partial charge on any atom is 0.244 e. The van der Waals surface area contributed by atoms with Crippen LogP contribution in [-0.2, 0) is 4.79 Å². The average Bonchev–Trinajstić information content (AvgIpc) is 2.28. The van der Waals surface area contributed by atoms with Gasteiger partial charge in [0.05, 0.1) is 0 Å². The molecule has 1 aromatic carbocycles. The molecule has 0 aliphatic heterocycles. The molecule has 0 aliphatic carbocycles. The van der Waals surface area contributed by atoms with Gasteiger partial charge in [0.2, 0.25) is 5.91 Å². The van der Waals surface area contributed by atoms with Crippen LogP contribution in [0.2, 0.25) is 0 Å². The third-order valence-corrected chi connectivity index (χ3v) is 1.90. The van der Waals surface area contributed by atoms with E-state index in [1.54, 1.807) is 12.2 Å². The van der Waals surface area contributed by atoms with E-state index >= 15 is 0 Å². The Bertz CT molecular complexity index is 320. The van der Waals surface area contributed by atoms with Crippen molar-refractivity contribution in [1.82, 2.24) is 10.6 Å². The molecule has 0 radical (unpaired) electrons. The number of hydrogen-bond acceptors (Lipinski definition) is 2. The number of hydrogen-bond donors (Lipinski definition) is 2. The smallest absolute Gasteiger partial charge is 0.244 e. The van der Waals surface area contributed by atoms with Gasteiger partial charge < -0.3 is 10.6 Å². The minimum absolute atomic E-state index is 0.0610. The van der Waals surface area contributed by atoms with E-state index in [0.29, 0.717) is 6.54 Å². The van der Waals surface area contributed by atoms with Crippen LogP contribution < -0.4 is 10.6 Å². The molecule has 0 heterocycles. The molecule has 0 spiro atoms. The molecule has 0 aliphatic rings. The molecule has 0 bridgehead atoms. The Balaban J connectivity index is 2.34. The lowest BCUT2D eigenvalue weighted by Crippen LogP contribution is -2.28. The summed E-state index contributed by atoms with van der Waals surface area (Å²) in [4.78, 5) is 11.3. The van der Waals surface area contributed by atoms with E-state index in [0.717, 1.165) is 12.1 Å². The van der Waals surface area contributed by atoms with Crippen molar-refractivity contribution in [3.63, 3.8) is 0 Å². The number of nitrogens with one attached hydrogen (secondary N) is 2. The van der Waals surface area contributed by atoms with Gasteiger partial charge in [-0.3, -0.25) is 4.79 Å². The van der Waals surface area contributed by atoms with Crippen molar-refractivity contribution in [2.45, 2.75) is 0 Å². The van der Waals surface area contributed by atoms with Gasteiger partial charge in [-0.05, 0) is 18.7 Å². The summed E-state index contributed by atoms with van der Waals surface area (Å²) in [5, 5.41) is 5.72. The highest BCUT2D eigenvalue weighted by Gasteiger charge is 1.92. The van der Waals surface area contributed by atoms with Gasteiger partial charge in [0.25, 0.3) is 0 Å². The van der Waals surface area contributed by atoms with E-state index in [2.05, 4.69) is 10.6 Å². The predicted molar refractivity (Wildman–Crippen MR) is 62.4 cm³/mol. The first-order chi connectivity index (χ1) is 7.33. The Morgan fingerprint density at radius 3 is 2.67 bits per heavy atom. The lowest BCUT2D eigenvalue weighted by atomic mass is 10.2. The zero-order valence-corrected chi connectivity index (χ0v) is 8.86. The predicted octanol–water partition coefficient (Wildman–Crippen LogP) is 1.04. The molecule has 80 valence electrons. The first-order valence-corrected chi connectivity index (χ1v) is 4.98. The van der Waals surface area contributed by atoms with Crippen molar-refractivity contribution in [2.75, 3.05) is 20.1 Å². The second kappa shape index (κ2) is 6.79. The molecule has 15 heavy (non-hydrogen) atoms. The summed E-state index contributed by atoms with van der Waals surface area (Å²) in [6.45, 7) is 1.43. The molecule has 1 amide bonds. The van der Waals surface area contributed by atoms with Crippen LogP contribution in [0.3, 0.4) is 0 Å². The van der Waals surface area contributed by atoms with Gasteiger partial charge in [-0.2, -0.15) is 0 Å². The minimum Gasteiger partial charge on any atom is -0.351 e. The second-order valence-corrected chi connectivity index (χ2v) is 3.14. The van der Waals surface area contributed by atoms with E-state index in [-0.39, 0.29) is 5.91 Å². The zero-order valence-electron chi connectivity index (χ0n) is 8.86. The van der Waals surface area contributed by atoms with E-state index in [1.165, 1.54) is 0 Å². The maximum absolute atomic E-state index is 11.3. The molecule has 2 N–H and O–H groups in total. The molecule has 0 saturated carbocycles. The zero-order chi connectivity index (χ0) is 10.9. The lowest BCUT2D eigenvalue weighted by molar-refractivity contribution is -0.116. The molecule has 0 fully saturated rings. The monoisotopic (exact) mass is 204 g/mol. The van der Waals surface area contributed by atoms with Gasteiger partial charge >= 0.3 is 0 Å². The normalized spacial score (nSPS) is 10.5. The van der Waals surface area contributed by atoms with Crippen LogP contribution in [0.25, 0.3) is 6.08 Å². The fraction of sp³-hybridized carbons (Fsp3) is 0.250. The van der Waals surface area contributed by atoms with Crippen LogP contribution in [0.5, 0.6) is 0 Å². The highest BCUT2D eigenvalue weighted by molar-refractivity contribution is 5.91. The molecule has 1 rings (SSSR count). The van der Waals surface area contributed by atoms with Gasteiger partial charge in [0.1, 0.15) is 0 Å². The van der Waals surface area contributed by atoms with Crippen LogP contribution in [0.15, 0.2) is 36.4 Å². The van der Waals surface area contributed by atoms with Crippen molar-refractivity contribution >= 4 is 12.0 Å². The fourth-order valence-corrected chi connectivity index (χ4v) is 1.11. The molecule has 3 nitrogen and oxygen atoms in total. The summed E-state index contributed by atoms with van der Waals surface area (Å²) in [5.74, 6) is -0.0610. The van der Waals surface area contributed by atoms with Gasteiger partial charge in [-0.1, -0.05) is 30.3 Å². The third kappa shape index (κ3) is 4.98. The molecule has 0 saturated heterocycles. The number of likely N-dealkylation sites (N-methyl/N-ethyl adjacent to an activating group) is 1. The first kappa shape index (κ1) is 11.5. The van der Waals surface area contributed by atoms with Crippen LogP contribution in [0.4, 0.5) is 0 Å². The molecular weight excluding hydrogens is 188 g/mol. The molecule has 3 heteroatoms. The topological polar surface area (TPSA) is 41.1 Å². The van der Waals surface area contributed by atoms with E-state index in [1.807, 2.05) is 37.4 Å². The maximum atomic E-state index is 11.3. The van der Waals surface area contributed by atoms with E-state index < -0.39 is 0 Å². The van der Waals surface area contributed by atoms with Crippen LogP contribution in [-0.4, -0.2) is 26.0 Å². The van der Waals surface area contributed by atoms with Crippen LogP contribution in [0, 0.1) is 0 Å². The summed E-state index contributed by atoms with van der Waals surface area (Å²) in [6.07, 6.45) is 3.35. The van der Waals surface area contributed by atoms with Gasteiger partial charge in [-0.15, -0.1) is 0 Å². The quantitative estimate of drug-likeness (QED) is 0.555. The standard InChI is InChI=1S/C12H16N2O/c1-13-9-10-14-12(15)8-7-11-5-3-2-4-6-11/h2-8,13H,9-10H2,1H3,(H,14,15). The number of carbonyl (C=O) groups excluding carboxylic acids is 1. The Hall–Kier alpha value is -1.61. The Labute approximate surface area is 90.2 Å². The Morgan fingerprint density at radius 1 is 1.27 bits per heavy atom. The molecule has 0 atom stereocenters. The summed E-state index contributed by atoms with van der Waals surface area (Å²) < 4.78 is 0. The van der Waals surface area contributed by atoms with Crippen molar-refractivity contribution in [2.24, 2.45) is 0 Å². The first-order valence-electron chi connectivity index (χ1n) is 4.98. The van der Waals surface area contributed by atoms with Crippen LogP contribution >= 0.6 is 0 Å². The molecule has 0 unspecified atom stereocenters. The van der Waals surface area contributed by atoms with E-state index in [4.69, 9.17) is 0 Å². The SMILES string of the molecule is CNCCNC(=O)C=Cc1ccccc1. The van der Waals surface area contributed by atoms with Gasteiger partial charge in [0.15, 0.2) is 0 Å². The molecule has 0 aromatic heterocycles. The van der Waals surface area contributed by atoms with Gasteiger partial charge in [-0.25, -0.2) is 0 Å². The minimum atomic E-state index is -0.0610. The lowest BCUT2D eigenvalue weighted by Gasteiger charge is -2.00. The summed E-state index contributed by atoms with van der Waals surface area (Å²) in [6, 6.07) is 9.75. The van der Waals surface area contributed by atoms with E-state index in [9.17, 15) is 4.79 Å². The molecular formula is C12H16N2O. The van der Waals surface area contributed by atoms with Gasteiger partial charge in [0, 0.05) is 19.2 Å².